The van der Waals surface area contributed by atoms with E-state index in [0.29, 0.717) is 5.75 Å². The van der Waals surface area contributed by atoms with Gasteiger partial charge < -0.3 is 25.4 Å². The Hall–Kier alpha value is -4.10. The highest BCUT2D eigenvalue weighted by molar-refractivity contribution is 6.34. The number of nitrogens with zero attached hydrogens (tertiary/aromatic N) is 1. The Balaban J connectivity index is 1.47. The number of halogens is 5. The first-order valence-corrected chi connectivity index (χ1v) is 10.4. The van der Waals surface area contributed by atoms with Crippen LogP contribution in [0, 0.1) is 0 Å². The molecule has 0 bridgehead atoms. The van der Waals surface area contributed by atoms with Crippen molar-refractivity contribution in [2.45, 2.75) is 12.4 Å². The van der Waals surface area contributed by atoms with Crippen molar-refractivity contribution >= 4 is 34.9 Å². The minimum absolute atomic E-state index is 0.0231. The average Bonchev–Trinajstić information content (AvgIpc) is 2.79. The van der Waals surface area contributed by atoms with Crippen molar-refractivity contribution < 1.29 is 41.4 Å². The first-order chi connectivity index (χ1) is 17.0. The van der Waals surface area contributed by atoms with Crippen molar-refractivity contribution in [2.75, 3.05) is 17.7 Å². The summed E-state index contributed by atoms with van der Waals surface area (Å²) in [7, 11) is 1.46. The Morgan fingerprint density at radius 2 is 1.72 bits per heavy atom. The Kier molecular flexibility index (Phi) is 6.61. The molecule has 0 aliphatic carbocycles. The quantitative estimate of drug-likeness (QED) is 0.377. The van der Waals surface area contributed by atoms with Crippen molar-refractivity contribution in [3.63, 3.8) is 0 Å². The SMILES string of the molecule is CNC(=O)c1cc(Oc2ccc(NC(=O)Nc3cccc4c3C(F)(F)OC(F)(F)O4)c(Cl)c2)ccn1. The molecule has 3 N–H and O–H groups in total. The molecule has 0 spiro atoms. The van der Waals surface area contributed by atoms with Crippen LogP contribution in [-0.4, -0.2) is 30.3 Å². The fourth-order valence-corrected chi connectivity index (χ4v) is 3.39. The third-order valence-electron chi connectivity index (χ3n) is 4.66. The Labute approximate surface area is 205 Å². The number of hydrogen-bond acceptors (Lipinski definition) is 6. The van der Waals surface area contributed by atoms with Crippen molar-refractivity contribution in [1.82, 2.24) is 10.3 Å². The van der Waals surface area contributed by atoms with Crippen molar-refractivity contribution in [1.29, 1.82) is 0 Å². The smallest absolute Gasteiger partial charge is 0.457 e. The van der Waals surface area contributed by atoms with Crippen LogP contribution in [0.25, 0.3) is 0 Å². The topological polar surface area (TPSA) is 111 Å². The summed E-state index contributed by atoms with van der Waals surface area (Å²) in [5.74, 6) is -0.715. The number of carbonyl (C=O) groups is 2. The lowest BCUT2D eigenvalue weighted by atomic mass is 10.1. The molecule has 1 aliphatic rings. The summed E-state index contributed by atoms with van der Waals surface area (Å²) >= 11 is 6.20. The van der Waals surface area contributed by atoms with Crippen LogP contribution in [0.15, 0.2) is 54.7 Å². The molecular weight excluding hydrogens is 512 g/mol. The lowest BCUT2D eigenvalue weighted by Crippen LogP contribution is -2.41. The average molecular weight is 527 g/mol. The number of hydrogen-bond donors (Lipinski definition) is 3. The summed E-state index contributed by atoms with van der Waals surface area (Å²) in [5, 5.41) is 6.95. The highest BCUT2D eigenvalue weighted by atomic mass is 35.5. The monoisotopic (exact) mass is 526 g/mol. The molecule has 0 saturated heterocycles. The Morgan fingerprint density at radius 1 is 1.00 bits per heavy atom. The van der Waals surface area contributed by atoms with Gasteiger partial charge in [-0.25, -0.2) is 9.53 Å². The van der Waals surface area contributed by atoms with E-state index in [0.717, 1.165) is 18.2 Å². The molecule has 0 fully saturated rings. The lowest BCUT2D eigenvalue weighted by Gasteiger charge is -2.31. The maximum atomic E-state index is 14.2. The Morgan fingerprint density at radius 3 is 2.44 bits per heavy atom. The lowest BCUT2D eigenvalue weighted by molar-refractivity contribution is -0.461. The van der Waals surface area contributed by atoms with E-state index in [1.807, 2.05) is 0 Å². The van der Waals surface area contributed by atoms with Crippen molar-refractivity contribution in [2.24, 2.45) is 0 Å². The van der Waals surface area contributed by atoms with Gasteiger partial charge in [-0.2, -0.15) is 8.78 Å². The van der Waals surface area contributed by atoms with Gasteiger partial charge in [0.15, 0.2) is 0 Å². The molecule has 9 nitrogen and oxygen atoms in total. The van der Waals surface area contributed by atoms with Crippen molar-refractivity contribution in [3.05, 3.63) is 71.0 Å². The van der Waals surface area contributed by atoms with Crippen LogP contribution in [-0.2, 0) is 10.8 Å². The number of benzene rings is 2. The molecule has 14 heteroatoms. The molecule has 1 aliphatic heterocycles. The number of fused-ring (bicyclic) bond motifs is 1. The summed E-state index contributed by atoms with van der Waals surface area (Å²) in [4.78, 5) is 28.1. The molecule has 2 aromatic carbocycles. The zero-order valence-corrected chi connectivity index (χ0v) is 18.8. The van der Waals surface area contributed by atoms with E-state index in [2.05, 4.69) is 30.4 Å². The molecule has 3 amide bonds. The number of ether oxygens (including phenoxy) is 3. The normalized spacial score (nSPS) is 15.2. The predicted octanol–water partition coefficient (Wildman–Crippen LogP) is 5.54. The molecule has 0 atom stereocenters. The third-order valence-corrected chi connectivity index (χ3v) is 4.97. The van der Waals surface area contributed by atoms with Gasteiger partial charge in [0.2, 0.25) is 0 Å². The molecule has 0 saturated carbocycles. The van der Waals surface area contributed by atoms with Crippen LogP contribution in [0.3, 0.4) is 0 Å². The van der Waals surface area contributed by atoms with Gasteiger partial charge in [0.1, 0.15) is 28.5 Å². The number of carbonyl (C=O) groups excluding carboxylic acids is 2. The van der Waals surface area contributed by atoms with Crippen LogP contribution in [0.5, 0.6) is 17.2 Å². The minimum atomic E-state index is -4.55. The van der Waals surface area contributed by atoms with E-state index in [1.54, 1.807) is 0 Å². The summed E-state index contributed by atoms with van der Waals surface area (Å²) in [6.45, 7) is 0. The van der Waals surface area contributed by atoms with Crippen LogP contribution < -0.4 is 25.4 Å². The highest BCUT2D eigenvalue weighted by Gasteiger charge is 2.55. The fourth-order valence-electron chi connectivity index (χ4n) is 3.17. The zero-order valence-electron chi connectivity index (χ0n) is 18.1. The summed E-state index contributed by atoms with van der Waals surface area (Å²) in [6, 6.07) is 9.19. The molecule has 188 valence electrons. The number of pyridine rings is 1. The largest absolute Gasteiger partial charge is 0.540 e. The number of rotatable bonds is 5. The maximum Gasteiger partial charge on any atom is 0.540 e. The second-order valence-electron chi connectivity index (χ2n) is 7.14. The molecule has 3 aromatic rings. The van der Waals surface area contributed by atoms with Crippen LogP contribution in [0.2, 0.25) is 5.02 Å². The van der Waals surface area contributed by atoms with Crippen LogP contribution >= 0.6 is 11.6 Å². The van der Waals surface area contributed by atoms with Crippen LogP contribution in [0.1, 0.15) is 16.1 Å². The highest BCUT2D eigenvalue weighted by Crippen LogP contribution is 2.49. The minimum Gasteiger partial charge on any atom is -0.457 e. The first kappa shape index (κ1) is 25.0. The van der Waals surface area contributed by atoms with Gasteiger partial charge in [-0.3, -0.25) is 9.78 Å². The standard InChI is InChI=1S/C22H15ClF4N4O5/c1-28-19(32)16-10-12(7-8-29-16)34-11-5-6-14(13(23)9-11)30-20(33)31-15-3-2-4-17-18(15)21(24,25)36-22(26,27)35-17/h2-10H,1H3,(H,28,32)(H2,30,31,33). The second kappa shape index (κ2) is 9.51. The van der Waals surface area contributed by atoms with E-state index in [4.69, 9.17) is 16.3 Å². The molecule has 0 radical (unpaired) electrons. The number of alkyl halides is 4. The Bertz CT molecular complexity index is 1340. The molecule has 36 heavy (non-hydrogen) atoms. The van der Waals surface area contributed by atoms with E-state index < -0.39 is 41.3 Å². The summed E-state index contributed by atoms with van der Waals surface area (Å²) in [5.41, 5.74) is -1.39. The number of nitrogens with one attached hydrogen (secondary N) is 3. The summed E-state index contributed by atoms with van der Waals surface area (Å²) < 4.78 is 68.1. The van der Waals surface area contributed by atoms with Gasteiger partial charge in [-0.15, -0.1) is 8.78 Å². The first-order valence-electron chi connectivity index (χ1n) is 9.99. The molecule has 2 heterocycles. The van der Waals surface area contributed by atoms with Gasteiger partial charge >= 0.3 is 18.4 Å². The zero-order chi connectivity index (χ0) is 26.1. The second-order valence-corrected chi connectivity index (χ2v) is 7.55. The number of anilines is 2. The van der Waals surface area contributed by atoms with Gasteiger partial charge in [-0.05, 0) is 30.3 Å². The maximum absolute atomic E-state index is 14.2. The van der Waals surface area contributed by atoms with E-state index in [1.165, 1.54) is 43.6 Å². The van der Waals surface area contributed by atoms with Gasteiger partial charge in [-0.1, -0.05) is 17.7 Å². The van der Waals surface area contributed by atoms with Gasteiger partial charge in [0.25, 0.3) is 5.91 Å². The molecule has 4 rings (SSSR count). The van der Waals surface area contributed by atoms with Gasteiger partial charge in [0, 0.05) is 25.4 Å². The third kappa shape index (κ3) is 5.42. The van der Waals surface area contributed by atoms with E-state index in [-0.39, 0.29) is 22.2 Å². The van der Waals surface area contributed by atoms with Crippen molar-refractivity contribution in [3.8, 4) is 17.2 Å². The molecular formula is C22H15ClF4N4O5. The van der Waals surface area contributed by atoms with E-state index >= 15 is 0 Å². The summed E-state index contributed by atoms with van der Waals surface area (Å²) in [6.07, 6.45) is -7.61. The molecule has 0 unspecified atom stereocenters. The fraction of sp³-hybridized carbons (Fsp3) is 0.136. The van der Waals surface area contributed by atoms with Crippen LogP contribution in [0.4, 0.5) is 33.7 Å². The molecule has 1 aromatic heterocycles. The van der Waals surface area contributed by atoms with E-state index in [9.17, 15) is 27.2 Å². The number of amides is 3. The number of urea groups is 1. The number of aromatic nitrogens is 1. The van der Waals surface area contributed by atoms with Gasteiger partial charge in [0.05, 0.1) is 16.4 Å². The predicted molar refractivity (Wildman–Crippen MR) is 119 cm³/mol.